The lowest BCUT2D eigenvalue weighted by Crippen LogP contribution is -2.58. The van der Waals surface area contributed by atoms with Crippen LogP contribution in [0.25, 0.3) is 0 Å². The van der Waals surface area contributed by atoms with Crippen LogP contribution in [-0.2, 0) is 4.79 Å². The molecule has 3 N–H and O–H groups in total. The zero-order valence-electron chi connectivity index (χ0n) is 12.1. The molecule has 2 aliphatic rings. The molecule has 0 spiro atoms. The Morgan fingerprint density at radius 1 is 1.00 bits per heavy atom. The van der Waals surface area contributed by atoms with E-state index in [2.05, 4.69) is 10.6 Å². The Morgan fingerprint density at radius 3 is 2.10 bits per heavy atom. The van der Waals surface area contributed by atoms with Gasteiger partial charge in [0, 0.05) is 6.04 Å². The van der Waals surface area contributed by atoms with Crippen molar-refractivity contribution in [2.75, 3.05) is 0 Å². The average Bonchev–Trinajstić information content (AvgIpc) is 2.29. The molecule has 20 heavy (non-hydrogen) atoms. The number of amides is 2. The second-order valence-electron chi connectivity index (χ2n) is 6.34. The molecule has 2 saturated carbocycles. The van der Waals surface area contributed by atoms with E-state index in [1.807, 2.05) is 0 Å². The van der Waals surface area contributed by atoms with Crippen LogP contribution in [-0.4, -0.2) is 28.7 Å². The van der Waals surface area contributed by atoms with Crippen LogP contribution in [0.15, 0.2) is 0 Å². The molecule has 0 bridgehead atoms. The quantitative estimate of drug-likeness (QED) is 0.742. The standard InChI is InChI=1S/C15H26N2O3/c18-13(19)11-15(9-6-10-15)17-14(20)16-12-7-4-2-1-3-5-8-12/h12H,1-11H2,(H,18,19)(H2,16,17,20). The zero-order valence-corrected chi connectivity index (χ0v) is 12.1. The van der Waals surface area contributed by atoms with E-state index in [-0.39, 0.29) is 18.5 Å². The summed E-state index contributed by atoms with van der Waals surface area (Å²) in [6, 6.07) is 0.0637. The predicted octanol–water partition coefficient (Wildman–Crippen LogP) is 2.80. The minimum Gasteiger partial charge on any atom is -0.481 e. The number of nitrogens with one attached hydrogen (secondary N) is 2. The Bertz CT molecular complexity index is 345. The second-order valence-corrected chi connectivity index (χ2v) is 6.34. The van der Waals surface area contributed by atoms with Gasteiger partial charge in [-0.2, -0.15) is 0 Å². The maximum Gasteiger partial charge on any atom is 0.315 e. The Morgan fingerprint density at radius 2 is 1.60 bits per heavy atom. The van der Waals surface area contributed by atoms with Crippen LogP contribution in [0.2, 0.25) is 0 Å². The Balaban J connectivity index is 1.79. The minimum atomic E-state index is -0.837. The number of carboxylic acid groups (broad SMARTS) is 1. The van der Waals surface area contributed by atoms with Gasteiger partial charge in [-0.3, -0.25) is 4.79 Å². The summed E-state index contributed by atoms with van der Waals surface area (Å²) in [5, 5.41) is 14.9. The summed E-state index contributed by atoms with van der Waals surface area (Å²) in [6.07, 6.45) is 10.8. The SMILES string of the molecule is O=C(O)CC1(NC(=O)NC2CCCCCCC2)CCC1. The van der Waals surface area contributed by atoms with E-state index in [4.69, 9.17) is 5.11 Å². The van der Waals surface area contributed by atoms with Crippen LogP contribution in [0.5, 0.6) is 0 Å². The fourth-order valence-electron chi connectivity index (χ4n) is 3.30. The minimum absolute atomic E-state index is 0.0328. The highest BCUT2D eigenvalue weighted by molar-refractivity contribution is 5.77. The van der Waals surface area contributed by atoms with Crippen LogP contribution in [0.1, 0.15) is 70.6 Å². The van der Waals surface area contributed by atoms with Crippen molar-refractivity contribution in [2.45, 2.75) is 82.2 Å². The smallest absolute Gasteiger partial charge is 0.315 e. The van der Waals surface area contributed by atoms with Crippen LogP contribution < -0.4 is 10.6 Å². The molecule has 0 unspecified atom stereocenters. The number of carbonyl (C=O) groups is 2. The summed E-state index contributed by atoms with van der Waals surface area (Å²) in [5.41, 5.74) is -0.502. The Labute approximate surface area is 120 Å². The van der Waals surface area contributed by atoms with Crippen molar-refractivity contribution in [1.29, 1.82) is 0 Å². The van der Waals surface area contributed by atoms with E-state index >= 15 is 0 Å². The Kier molecular flexibility index (Phi) is 5.26. The molecule has 5 nitrogen and oxygen atoms in total. The van der Waals surface area contributed by atoms with Gasteiger partial charge in [0.15, 0.2) is 0 Å². The molecule has 5 heteroatoms. The molecule has 0 atom stereocenters. The van der Waals surface area contributed by atoms with Gasteiger partial charge in [-0.25, -0.2) is 4.79 Å². The van der Waals surface area contributed by atoms with E-state index in [0.717, 1.165) is 32.1 Å². The van der Waals surface area contributed by atoms with E-state index in [1.165, 1.54) is 32.1 Å². The lowest BCUT2D eigenvalue weighted by atomic mass is 9.74. The first-order valence-corrected chi connectivity index (χ1v) is 7.90. The van der Waals surface area contributed by atoms with Gasteiger partial charge >= 0.3 is 12.0 Å². The third-order valence-electron chi connectivity index (χ3n) is 4.62. The van der Waals surface area contributed by atoms with Crippen molar-refractivity contribution < 1.29 is 14.7 Å². The van der Waals surface area contributed by atoms with Gasteiger partial charge in [-0.05, 0) is 32.1 Å². The van der Waals surface area contributed by atoms with Gasteiger partial charge in [0.2, 0.25) is 0 Å². The predicted molar refractivity (Wildman–Crippen MR) is 76.6 cm³/mol. The fraction of sp³-hybridized carbons (Fsp3) is 0.867. The summed E-state index contributed by atoms with van der Waals surface area (Å²) in [7, 11) is 0. The van der Waals surface area contributed by atoms with Crippen molar-refractivity contribution >= 4 is 12.0 Å². The number of carboxylic acids is 1. The summed E-state index contributed by atoms with van der Waals surface area (Å²) in [5.74, 6) is -0.837. The second kappa shape index (κ2) is 6.95. The number of hydrogen-bond donors (Lipinski definition) is 3. The molecular weight excluding hydrogens is 256 g/mol. The average molecular weight is 282 g/mol. The van der Waals surface area contributed by atoms with Gasteiger partial charge in [0.1, 0.15) is 0 Å². The van der Waals surface area contributed by atoms with Gasteiger partial charge in [-0.15, -0.1) is 0 Å². The number of urea groups is 1. The number of hydrogen-bond acceptors (Lipinski definition) is 2. The Hall–Kier alpha value is -1.26. The summed E-state index contributed by atoms with van der Waals surface area (Å²) in [6.45, 7) is 0. The topological polar surface area (TPSA) is 78.4 Å². The zero-order chi connectivity index (χ0) is 14.4. The molecule has 0 aromatic rings. The van der Waals surface area contributed by atoms with Crippen LogP contribution in [0.3, 0.4) is 0 Å². The van der Waals surface area contributed by atoms with E-state index in [1.54, 1.807) is 0 Å². The highest BCUT2D eigenvalue weighted by atomic mass is 16.4. The van der Waals surface area contributed by atoms with Gasteiger partial charge < -0.3 is 15.7 Å². The molecule has 0 radical (unpaired) electrons. The molecule has 2 aliphatic carbocycles. The number of aliphatic carboxylic acids is 1. The van der Waals surface area contributed by atoms with Gasteiger partial charge in [0.05, 0.1) is 12.0 Å². The molecule has 0 heterocycles. The highest BCUT2D eigenvalue weighted by Gasteiger charge is 2.40. The van der Waals surface area contributed by atoms with E-state index < -0.39 is 11.5 Å². The monoisotopic (exact) mass is 282 g/mol. The molecule has 2 rings (SSSR count). The molecule has 0 aromatic carbocycles. The van der Waals surface area contributed by atoms with Crippen molar-refractivity contribution in [1.82, 2.24) is 10.6 Å². The van der Waals surface area contributed by atoms with Crippen LogP contribution in [0.4, 0.5) is 4.79 Å². The molecule has 2 fully saturated rings. The van der Waals surface area contributed by atoms with Crippen molar-refractivity contribution in [3.05, 3.63) is 0 Å². The molecular formula is C15H26N2O3. The summed E-state index contributed by atoms with van der Waals surface area (Å²) < 4.78 is 0. The van der Waals surface area contributed by atoms with E-state index in [0.29, 0.717) is 0 Å². The molecule has 2 amide bonds. The van der Waals surface area contributed by atoms with E-state index in [9.17, 15) is 9.59 Å². The maximum absolute atomic E-state index is 12.1. The van der Waals surface area contributed by atoms with Crippen LogP contribution in [0, 0.1) is 0 Å². The third-order valence-corrected chi connectivity index (χ3v) is 4.62. The first kappa shape index (κ1) is 15.1. The first-order valence-electron chi connectivity index (χ1n) is 7.90. The summed E-state index contributed by atoms with van der Waals surface area (Å²) in [4.78, 5) is 23.0. The van der Waals surface area contributed by atoms with Crippen molar-refractivity contribution in [3.63, 3.8) is 0 Å². The fourth-order valence-corrected chi connectivity index (χ4v) is 3.30. The van der Waals surface area contributed by atoms with Gasteiger partial charge in [-0.1, -0.05) is 32.1 Å². The van der Waals surface area contributed by atoms with Crippen molar-refractivity contribution in [2.24, 2.45) is 0 Å². The third kappa shape index (κ3) is 4.39. The maximum atomic E-state index is 12.1. The largest absolute Gasteiger partial charge is 0.481 e. The first-order chi connectivity index (χ1) is 9.60. The molecule has 0 aromatic heterocycles. The molecule has 0 saturated heterocycles. The van der Waals surface area contributed by atoms with Gasteiger partial charge in [0.25, 0.3) is 0 Å². The number of rotatable bonds is 4. The highest BCUT2D eigenvalue weighted by Crippen LogP contribution is 2.34. The molecule has 114 valence electrons. The lowest BCUT2D eigenvalue weighted by molar-refractivity contribution is -0.139. The summed E-state index contributed by atoms with van der Waals surface area (Å²) >= 11 is 0. The van der Waals surface area contributed by atoms with Crippen LogP contribution >= 0.6 is 0 Å². The normalized spacial score (nSPS) is 23.0. The molecule has 0 aliphatic heterocycles. The lowest BCUT2D eigenvalue weighted by Gasteiger charge is -2.41. The van der Waals surface area contributed by atoms with Crippen molar-refractivity contribution in [3.8, 4) is 0 Å². The number of carbonyl (C=O) groups excluding carboxylic acids is 1.